The van der Waals surface area contributed by atoms with Gasteiger partial charge in [0.15, 0.2) is 0 Å². The molecule has 7 rings (SSSR count). The summed E-state index contributed by atoms with van der Waals surface area (Å²) in [5.41, 5.74) is 0.342. The number of amides is 1. The van der Waals surface area contributed by atoms with Gasteiger partial charge in [-0.2, -0.15) is 5.10 Å². The van der Waals surface area contributed by atoms with Crippen molar-refractivity contribution in [3.8, 4) is 5.88 Å². The number of carboxylic acid groups (broad SMARTS) is 1. The van der Waals surface area contributed by atoms with Gasteiger partial charge in [0.1, 0.15) is 18.0 Å². The molecule has 2 N–H and O–H groups in total. The number of hydrogen-bond acceptors (Lipinski definition) is 5. The third-order valence-corrected chi connectivity index (χ3v) is 9.78. The highest BCUT2D eigenvalue weighted by Crippen LogP contribution is 2.54. The SMILES string of the molecule is C[C@]1(C(=O)Nc2cccc(Cl)c2)[C@@H](c2cccc(Cl)c2F)[C@@H]2Cn3nc4cc(C(=O)O)ccc4c3OC[C@@H]2N1CC1CC1. The van der Waals surface area contributed by atoms with Crippen molar-refractivity contribution in [3.63, 3.8) is 0 Å². The van der Waals surface area contributed by atoms with Crippen LogP contribution in [0, 0.1) is 17.7 Å². The lowest BCUT2D eigenvalue weighted by Crippen LogP contribution is -2.57. The Morgan fingerprint density at radius 3 is 2.67 bits per heavy atom. The van der Waals surface area contributed by atoms with Gasteiger partial charge in [-0.15, -0.1) is 0 Å². The van der Waals surface area contributed by atoms with Crippen LogP contribution < -0.4 is 10.1 Å². The minimum absolute atomic E-state index is 0.0103. The van der Waals surface area contributed by atoms with Gasteiger partial charge in [-0.3, -0.25) is 9.69 Å². The Bertz CT molecular complexity index is 1780. The zero-order valence-corrected chi connectivity index (χ0v) is 24.8. The van der Waals surface area contributed by atoms with Gasteiger partial charge in [-0.1, -0.05) is 41.4 Å². The molecule has 0 radical (unpaired) electrons. The predicted octanol–water partition coefficient (Wildman–Crippen LogP) is 6.46. The first-order valence-corrected chi connectivity index (χ1v) is 15.0. The highest BCUT2D eigenvalue weighted by molar-refractivity contribution is 6.31. The van der Waals surface area contributed by atoms with Crippen LogP contribution in [0.4, 0.5) is 10.1 Å². The van der Waals surface area contributed by atoms with Crippen LogP contribution in [0.1, 0.15) is 41.6 Å². The monoisotopic (exact) mass is 622 g/mol. The summed E-state index contributed by atoms with van der Waals surface area (Å²) in [6.45, 7) is 3.12. The Morgan fingerprint density at radius 1 is 1.14 bits per heavy atom. The predicted molar refractivity (Wildman–Crippen MR) is 162 cm³/mol. The minimum Gasteiger partial charge on any atom is -0.478 e. The van der Waals surface area contributed by atoms with Crippen molar-refractivity contribution in [3.05, 3.63) is 87.7 Å². The van der Waals surface area contributed by atoms with E-state index < -0.39 is 23.2 Å². The summed E-state index contributed by atoms with van der Waals surface area (Å²) in [5.74, 6) is -1.83. The number of rotatable bonds is 6. The molecule has 2 fully saturated rings. The van der Waals surface area contributed by atoms with E-state index in [0.29, 0.717) is 52.1 Å². The molecule has 3 aliphatic rings. The van der Waals surface area contributed by atoms with Gasteiger partial charge in [-0.25, -0.2) is 13.9 Å². The molecular formula is C32H29Cl2FN4O4. The summed E-state index contributed by atoms with van der Waals surface area (Å²) in [7, 11) is 0. The summed E-state index contributed by atoms with van der Waals surface area (Å²) in [4.78, 5) is 28.3. The van der Waals surface area contributed by atoms with E-state index in [1.807, 2.05) is 6.92 Å². The first-order chi connectivity index (χ1) is 20.6. The van der Waals surface area contributed by atoms with E-state index in [0.717, 1.165) is 12.8 Å². The largest absolute Gasteiger partial charge is 0.478 e. The number of fused-ring (bicyclic) bond motifs is 4. The van der Waals surface area contributed by atoms with Gasteiger partial charge in [0, 0.05) is 35.6 Å². The number of carbonyl (C=O) groups excluding carboxylic acids is 1. The number of likely N-dealkylation sites (tertiary alicyclic amines) is 1. The van der Waals surface area contributed by atoms with Crippen molar-refractivity contribution in [2.45, 2.75) is 43.8 Å². The molecule has 11 heteroatoms. The molecule has 4 aromatic rings. The van der Waals surface area contributed by atoms with E-state index in [-0.39, 0.29) is 35.1 Å². The van der Waals surface area contributed by atoms with Gasteiger partial charge in [0.25, 0.3) is 0 Å². The number of anilines is 1. The van der Waals surface area contributed by atoms with E-state index in [9.17, 15) is 14.7 Å². The van der Waals surface area contributed by atoms with Gasteiger partial charge < -0.3 is 15.2 Å². The average molecular weight is 624 g/mol. The van der Waals surface area contributed by atoms with Crippen molar-refractivity contribution >= 4 is 51.7 Å². The fourth-order valence-electron chi connectivity index (χ4n) is 7.01. The van der Waals surface area contributed by atoms with E-state index in [2.05, 4.69) is 10.2 Å². The van der Waals surface area contributed by atoms with Gasteiger partial charge in [0.2, 0.25) is 11.8 Å². The van der Waals surface area contributed by atoms with E-state index >= 15 is 4.39 Å². The van der Waals surface area contributed by atoms with Crippen molar-refractivity contribution in [2.24, 2.45) is 11.8 Å². The zero-order valence-electron chi connectivity index (χ0n) is 23.3. The van der Waals surface area contributed by atoms with Crippen LogP contribution in [-0.4, -0.2) is 56.4 Å². The van der Waals surface area contributed by atoms with Crippen molar-refractivity contribution < 1.29 is 23.8 Å². The van der Waals surface area contributed by atoms with Crippen LogP contribution in [0.15, 0.2) is 60.7 Å². The molecule has 0 unspecified atom stereocenters. The second-order valence-electron chi connectivity index (χ2n) is 11.9. The second kappa shape index (κ2) is 10.5. The van der Waals surface area contributed by atoms with Crippen molar-refractivity contribution in [1.82, 2.24) is 14.7 Å². The van der Waals surface area contributed by atoms with E-state index in [1.165, 1.54) is 18.2 Å². The maximum atomic E-state index is 16.0. The maximum Gasteiger partial charge on any atom is 0.335 e. The molecule has 0 bridgehead atoms. The number of ether oxygens (including phenoxy) is 1. The summed E-state index contributed by atoms with van der Waals surface area (Å²) >= 11 is 12.6. The second-order valence-corrected chi connectivity index (χ2v) is 12.7. The van der Waals surface area contributed by atoms with Crippen LogP contribution in [0.3, 0.4) is 0 Å². The standard InChI is InChI=1S/C32H29Cl2FN4O4/c1-32(31(42)36-20-5-2-4-19(33)13-20)27(22-6-3-7-24(34)28(22)35)23-15-39-29(43-16-26(23)38(32)14-17-8-9-17)21-11-10-18(30(40)41)12-25(21)37-39/h2-7,10-13,17,23,26-27H,8-9,14-16H2,1H3,(H,36,42)(H,40,41)/t23-,26+,27+,32-/m1/s1. The number of halogens is 3. The normalized spacial score (nSPS) is 25.1. The third kappa shape index (κ3) is 4.74. The van der Waals surface area contributed by atoms with E-state index in [4.69, 9.17) is 33.0 Å². The minimum atomic E-state index is -1.18. The van der Waals surface area contributed by atoms with Crippen LogP contribution in [0.2, 0.25) is 10.0 Å². The average Bonchev–Trinajstić information content (AvgIpc) is 3.72. The zero-order chi connectivity index (χ0) is 30.0. The van der Waals surface area contributed by atoms with Gasteiger partial charge in [-0.05, 0) is 73.7 Å². The molecule has 1 saturated carbocycles. The molecule has 3 aromatic carbocycles. The molecular weight excluding hydrogens is 594 g/mol. The van der Waals surface area contributed by atoms with Crippen LogP contribution in [0.5, 0.6) is 5.88 Å². The Kier molecular flexibility index (Phi) is 6.87. The molecule has 4 atom stereocenters. The highest BCUT2D eigenvalue weighted by atomic mass is 35.5. The lowest BCUT2D eigenvalue weighted by molar-refractivity contribution is -0.127. The fraction of sp³-hybridized carbons (Fsp3) is 0.344. The van der Waals surface area contributed by atoms with Gasteiger partial charge >= 0.3 is 5.97 Å². The lowest BCUT2D eigenvalue weighted by Gasteiger charge is -2.40. The summed E-state index contributed by atoms with van der Waals surface area (Å²) < 4.78 is 24.1. The Balaban J connectivity index is 1.37. The fourth-order valence-corrected chi connectivity index (χ4v) is 7.38. The summed E-state index contributed by atoms with van der Waals surface area (Å²) in [6.07, 6.45) is 2.13. The number of nitrogens with one attached hydrogen (secondary N) is 1. The Hall–Kier alpha value is -3.66. The first-order valence-electron chi connectivity index (χ1n) is 14.3. The topological polar surface area (TPSA) is 96.7 Å². The molecule has 1 amide bonds. The van der Waals surface area contributed by atoms with Gasteiger partial charge in [0.05, 0.1) is 27.5 Å². The number of benzene rings is 3. The third-order valence-electron chi connectivity index (χ3n) is 9.25. The molecule has 8 nitrogen and oxygen atoms in total. The highest BCUT2D eigenvalue weighted by Gasteiger charge is 2.62. The molecule has 1 aliphatic carbocycles. The first kappa shape index (κ1) is 28.1. The van der Waals surface area contributed by atoms with Crippen LogP contribution in [0.25, 0.3) is 10.9 Å². The summed E-state index contributed by atoms with van der Waals surface area (Å²) in [5, 5.41) is 18.5. The van der Waals surface area contributed by atoms with Crippen molar-refractivity contribution in [2.75, 3.05) is 18.5 Å². The molecule has 222 valence electrons. The molecule has 1 saturated heterocycles. The summed E-state index contributed by atoms with van der Waals surface area (Å²) in [6, 6.07) is 16.4. The van der Waals surface area contributed by atoms with E-state index in [1.54, 1.807) is 47.1 Å². The quantitative estimate of drug-likeness (QED) is 0.256. The molecule has 1 aromatic heterocycles. The smallest absolute Gasteiger partial charge is 0.335 e. The molecule has 3 heterocycles. The number of hydrogen-bond donors (Lipinski definition) is 2. The molecule has 43 heavy (non-hydrogen) atoms. The number of nitrogens with zero attached hydrogens (tertiary/aromatic N) is 3. The van der Waals surface area contributed by atoms with Crippen LogP contribution >= 0.6 is 23.2 Å². The maximum absolute atomic E-state index is 16.0. The number of aromatic carboxylic acids is 1. The Morgan fingerprint density at radius 2 is 1.93 bits per heavy atom. The number of carbonyl (C=O) groups is 2. The molecule has 0 spiro atoms. The lowest BCUT2D eigenvalue weighted by atomic mass is 9.74. The van der Waals surface area contributed by atoms with Crippen LogP contribution in [-0.2, 0) is 11.3 Å². The number of carboxylic acids is 1. The Labute approximate surface area is 257 Å². The van der Waals surface area contributed by atoms with Crippen molar-refractivity contribution in [1.29, 1.82) is 0 Å². The molecule has 2 aliphatic heterocycles. The number of aromatic nitrogens is 2.